The molecular weight excluding hydrogens is 240 g/mol. The monoisotopic (exact) mass is 264 g/mol. The molecule has 0 spiro atoms. The fourth-order valence-corrected chi connectivity index (χ4v) is 2.64. The number of nitrogens with zero attached hydrogens (tertiary/aromatic N) is 1. The third kappa shape index (κ3) is 3.69. The lowest BCUT2D eigenvalue weighted by Gasteiger charge is -2.42. The molecule has 0 saturated carbocycles. The van der Waals surface area contributed by atoms with Gasteiger partial charge in [0, 0.05) is 38.0 Å². The van der Waals surface area contributed by atoms with Crippen LogP contribution in [0, 0.1) is 0 Å². The smallest absolute Gasteiger partial charge is 0.0614 e. The molecule has 0 radical (unpaired) electrons. The van der Waals surface area contributed by atoms with Crippen molar-refractivity contribution in [2.24, 2.45) is 0 Å². The van der Waals surface area contributed by atoms with Gasteiger partial charge in [-0.2, -0.15) is 0 Å². The van der Waals surface area contributed by atoms with Crippen molar-refractivity contribution in [2.75, 3.05) is 44.9 Å². The second-order valence-electron chi connectivity index (χ2n) is 5.18. The zero-order valence-corrected chi connectivity index (χ0v) is 11.6. The van der Waals surface area contributed by atoms with Crippen molar-refractivity contribution in [1.82, 2.24) is 5.32 Å². The average molecular weight is 264 g/mol. The van der Waals surface area contributed by atoms with E-state index < -0.39 is 0 Å². The molecule has 1 heterocycles. The minimum Gasteiger partial charge on any atom is -0.394 e. The van der Waals surface area contributed by atoms with E-state index in [9.17, 15) is 5.11 Å². The molecule has 0 aromatic heterocycles. The average Bonchev–Trinajstić information content (AvgIpc) is 2.49. The molecule has 4 nitrogen and oxygen atoms in total. The van der Waals surface area contributed by atoms with Crippen LogP contribution in [-0.4, -0.2) is 50.6 Å². The maximum absolute atomic E-state index is 9.68. The van der Waals surface area contributed by atoms with Gasteiger partial charge in [0.05, 0.1) is 13.2 Å². The van der Waals surface area contributed by atoms with Crippen molar-refractivity contribution in [3.63, 3.8) is 0 Å². The largest absolute Gasteiger partial charge is 0.394 e. The maximum Gasteiger partial charge on any atom is 0.0614 e. The standard InChI is InChI=1S/C15H24N2O2/c1-19-12-9-16-15(13-18)7-10-17(11-8-15)14-5-3-2-4-6-14/h2-6,16,18H,7-13H2,1H3. The Balaban J connectivity index is 1.89. The number of piperidine rings is 1. The molecule has 19 heavy (non-hydrogen) atoms. The molecule has 2 rings (SSSR count). The van der Waals surface area contributed by atoms with Crippen LogP contribution < -0.4 is 10.2 Å². The molecule has 0 atom stereocenters. The predicted molar refractivity (Wildman–Crippen MR) is 77.6 cm³/mol. The predicted octanol–water partition coefficient (Wildman–Crippen LogP) is 1.25. The number of aliphatic hydroxyl groups excluding tert-OH is 1. The van der Waals surface area contributed by atoms with Crippen molar-refractivity contribution in [3.8, 4) is 0 Å². The molecular formula is C15H24N2O2. The van der Waals surface area contributed by atoms with Gasteiger partial charge in [0.25, 0.3) is 0 Å². The zero-order valence-electron chi connectivity index (χ0n) is 11.6. The van der Waals surface area contributed by atoms with Gasteiger partial charge in [-0.15, -0.1) is 0 Å². The minimum absolute atomic E-state index is 0.135. The molecule has 0 aliphatic carbocycles. The Bertz CT molecular complexity index is 362. The topological polar surface area (TPSA) is 44.7 Å². The summed E-state index contributed by atoms with van der Waals surface area (Å²) in [6.07, 6.45) is 1.92. The lowest BCUT2D eigenvalue weighted by Crippen LogP contribution is -2.56. The molecule has 4 heteroatoms. The molecule has 1 aromatic rings. The van der Waals surface area contributed by atoms with Gasteiger partial charge in [-0.25, -0.2) is 0 Å². The summed E-state index contributed by atoms with van der Waals surface area (Å²) in [5.74, 6) is 0. The Morgan fingerprint density at radius 1 is 1.26 bits per heavy atom. The van der Waals surface area contributed by atoms with Crippen LogP contribution in [0.5, 0.6) is 0 Å². The fourth-order valence-electron chi connectivity index (χ4n) is 2.64. The van der Waals surface area contributed by atoms with Crippen LogP contribution in [0.4, 0.5) is 5.69 Å². The van der Waals surface area contributed by atoms with E-state index >= 15 is 0 Å². The molecule has 1 aliphatic heterocycles. The van der Waals surface area contributed by atoms with Crippen molar-refractivity contribution in [2.45, 2.75) is 18.4 Å². The van der Waals surface area contributed by atoms with Gasteiger partial charge in [0.15, 0.2) is 0 Å². The van der Waals surface area contributed by atoms with Gasteiger partial charge in [-0.1, -0.05) is 18.2 Å². The molecule has 106 valence electrons. The maximum atomic E-state index is 9.68. The summed E-state index contributed by atoms with van der Waals surface area (Å²) in [4.78, 5) is 2.38. The van der Waals surface area contributed by atoms with Gasteiger partial charge >= 0.3 is 0 Å². The lowest BCUT2D eigenvalue weighted by atomic mass is 9.88. The third-order valence-corrected chi connectivity index (χ3v) is 3.95. The van der Waals surface area contributed by atoms with Crippen LogP contribution >= 0.6 is 0 Å². The first-order valence-electron chi connectivity index (χ1n) is 6.94. The van der Waals surface area contributed by atoms with E-state index in [4.69, 9.17) is 4.74 Å². The Morgan fingerprint density at radius 2 is 1.95 bits per heavy atom. The van der Waals surface area contributed by atoms with Crippen molar-refractivity contribution >= 4 is 5.69 Å². The molecule has 1 aromatic carbocycles. The van der Waals surface area contributed by atoms with Crippen LogP contribution in [0.15, 0.2) is 30.3 Å². The van der Waals surface area contributed by atoms with E-state index in [1.54, 1.807) is 7.11 Å². The second-order valence-corrected chi connectivity index (χ2v) is 5.18. The van der Waals surface area contributed by atoms with E-state index in [-0.39, 0.29) is 12.1 Å². The molecule has 1 saturated heterocycles. The van der Waals surface area contributed by atoms with Gasteiger partial charge in [-0.05, 0) is 25.0 Å². The number of nitrogens with one attached hydrogen (secondary N) is 1. The molecule has 1 aliphatic rings. The first-order chi connectivity index (χ1) is 9.29. The highest BCUT2D eigenvalue weighted by molar-refractivity contribution is 5.46. The summed E-state index contributed by atoms with van der Waals surface area (Å²) in [7, 11) is 1.70. The van der Waals surface area contributed by atoms with Gasteiger partial charge in [0.2, 0.25) is 0 Å². The summed E-state index contributed by atoms with van der Waals surface area (Å²) in [6, 6.07) is 10.5. The quantitative estimate of drug-likeness (QED) is 0.759. The van der Waals surface area contributed by atoms with E-state index in [2.05, 4.69) is 34.5 Å². The highest BCUT2D eigenvalue weighted by Crippen LogP contribution is 2.25. The molecule has 0 unspecified atom stereocenters. The molecule has 0 bridgehead atoms. The zero-order chi connectivity index (χ0) is 13.6. The SMILES string of the molecule is COCCNC1(CO)CCN(c2ccccc2)CC1. The third-order valence-electron chi connectivity index (χ3n) is 3.95. The van der Waals surface area contributed by atoms with E-state index in [0.29, 0.717) is 6.61 Å². The number of rotatable bonds is 6. The van der Waals surface area contributed by atoms with Gasteiger partial charge in [-0.3, -0.25) is 0 Å². The lowest BCUT2D eigenvalue weighted by molar-refractivity contribution is 0.118. The molecule has 2 N–H and O–H groups in total. The van der Waals surface area contributed by atoms with Gasteiger partial charge in [0.1, 0.15) is 0 Å². The first-order valence-corrected chi connectivity index (χ1v) is 6.94. The molecule has 0 amide bonds. The van der Waals surface area contributed by atoms with E-state index in [1.807, 2.05) is 6.07 Å². The summed E-state index contributed by atoms with van der Waals surface area (Å²) < 4.78 is 5.06. The number of benzene rings is 1. The van der Waals surface area contributed by atoms with Gasteiger partial charge < -0.3 is 20.1 Å². The first kappa shape index (κ1) is 14.3. The number of ether oxygens (including phenoxy) is 1. The normalized spacial score (nSPS) is 18.5. The number of methoxy groups -OCH3 is 1. The summed E-state index contributed by atoms with van der Waals surface area (Å²) in [5.41, 5.74) is 1.13. The number of aliphatic hydroxyl groups is 1. The van der Waals surface area contributed by atoms with E-state index in [0.717, 1.165) is 32.5 Å². The Hall–Kier alpha value is -1.10. The summed E-state index contributed by atoms with van der Waals surface area (Å²) in [6.45, 7) is 3.63. The van der Waals surface area contributed by atoms with Crippen LogP contribution in [0.25, 0.3) is 0 Å². The Kier molecular flexibility index (Phi) is 5.19. The number of para-hydroxylation sites is 1. The van der Waals surface area contributed by atoms with Crippen molar-refractivity contribution < 1.29 is 9.84 Å². The summed E-state index contributed by atoms with van der Waals surface area (Å²) in [5, 5.41) is 13.1. The van der Waals surface area contributed by atoms with Crippen LogP contribution in [0.2, 0.25) is 0 Å². The fraction of sp³-hybridized carbons (Fsp3) is 0.600. The van der Waals surface area contributed by atoms with Crippen LogP contribution in [0.3, 0.4) is 0 Å². The molecule has 1 fully saturated rings. The minimum atomic E-state index is -0.135. The Labute approximate surface area is 115 Å². The van der Waals surface area contributed by atoms with E-state index in [1.165, 1.54) is 5.69 Å². The van der Waals surface area contributed by atoms with Crippen molar-refractivity contribution in [1.29, 1.82) is 0 Å². The van der Waals surface area contributed by atoms with Crippen LogP contribution in [-0.2, 0) is 4.74 Å². The number of hydrogen-bond donors (Lipinski definition) is 2. The summed E-state index contributed by atoms with van der Waals surface area (Å²) >= 11 is 0. The van der Waals surface area contributed by atoms with Crippen LogP contribution in [0.1, 0.15) is 12.8 Å². The highest BCUT2D eigenvalue weighted by Gasteiger charge is 2.33. The second kappa shape index (κ2) is 6.89. The number of anilines is 1. The Morgan fingerprint density at radius 3 is 2.53 bits per heavy atom. The highest BCUT2D eigenvalue weighted by atomic mass is 16.5. The van der Waals surface area contributed by atoms with Crippen molar-refractivity contribution in [3.05, 3.63) is 30.3 Å². The number of hydrogen-bond acceptors (Lipinski definition) is 4.